The van der Waals surface area contributed by atoms with Gasteiger partial charge in [0.2, 0.25) is 0 Å². The number of rotatable bonds is 26. The SMILES string of the molecule is C(=Nc1ccc(N=Nc2ccc(N=Cc3ccc(OCCCCCCOCC4CO4)cc3)cc2)cc1)c1ccc(OCCCCCCOCC2CO2)cc1. The van der Waals surface area contributed by atoms with Gasteiger partial charge in [0.15, 0.2) is 0 Å². The Bertz CT molecular complexity index is 1590. The third kappa shape index (κ3) is 15.7. The first-order valence-corrected chi connectivity index (χ1v) is 19.3. The summed E-state index contributed by atoms with van der Waals surface area (Å²) in [6.07, 6.45) is 13.2. The summed E-state index contributed by atoms with van der Waals surface area (Å²) < 4.78 is 33.2. The molecule has 0 N–H and O–H groups in total. The van der Waals surface area contributed by atoms with Crippen LogP contribution in [-0.2, 0) is 18.9 Å². The van der Waals surface area contributed by atoms with Crippen molar-refractivity contribution in [1.82, 2.24) is 0 Å². The van der Waals surface area contributed by atoms with Crippen LogP contribution < -0.4 is 9.47 Å². The second kappa shape index (κ2) is 22.5. The average Bonchev–Trinajstić information content (AvgIpc) is 4.16. The van der Waals surface area contributed by atoms with Gasteiger partial charge in [-0.05, 0) is 147 Å². The molecule has 2 aliphatic heterocycles. The van der Waals surface area contributed by atoms with Crippen molar-refractivity contribution in [3.05, 3.63) is 108 Å². The molecule has 10 heteroatoms. The molecule has 2 saturated heterocycles. The van der Waals surface area contributed by atoms with E-state index in [-0.39, 0.29) is 0 Å². The van der Waals surface area contributed by atoms with Crippen LogP contribution in [0.5, 0.6) is 11.5 Å². The third-order valence-corrected chi connectivity index (χ3v) is 8.78. The van der Waals surface area contributed by atoms with Gasteiger partial charge in [-0.15, -0.1) is 0 Å². The van der Waals surface area contributed by atoms with Crippen molar-refractivity contribution in [2.24, 2.45) is 20.2 Å². The second-order valence-corrected chi connectivity index (χ2v) is 13.5. The molecule has 2 heterocycles. The lowest BCUT2D eigenvalue weighted by Gasteiger charge is -2.06. The van der Waals surface area contributed by atoms with E-state index in [2.05, 4.69) is 20.2 Å². The zero-order chi connectivity index (χ0) is 36.9. The monoisotopic (exact) mass is 732 g/mol. The van der Waals surface area contributed by atoms with E-state index in [1.165, 1.54) is 0 Å². The number of hydrogen-bond acceptors (Lipinski definition) is 10. The van der Waals surface area contributed by atoms with E-state index < -0.39 is 0 Å². The van der Waals surface area contributed by atoms with E-state index in [9.17, 15) is 0 Å². The minimum atomic E-state index is 0.350. The molecule has 0 aromatic heterocycles. The maximum atomic E-state index is 5.90. The van der Waals surface area contributed by atoms with Gasteiger partial charge < -0.3 is 28.4 Å². The highest BCUT2D eigenvalue weighted by molar-refractivity contribution is 5.82. The van der Waals surface area contributed by atoms with Gasteiger partial charge in [0.05, 0.1) is 62.4 Å². The zero-order valence-electron chi connectivity index (χ0n) is 31.1. The van der Waals surface area contributed by atoms with Crippen LogP contribution in [0, 0.1) is 0 Å². The fraction of sp³-hybridized carbons (Fsp3) is 0.409. The van der Waals surface area contributed by atoms with E-state index in [1.807, 2.05) is 109 Å². The molecule has 2 aliphatic rings. The Hall–Kier alpha value is -4.74. The van der Waals surface area contributed by atoms with Crippen LogP contribution in [0.1, 0.15) is 62.5 Å². The molecule has 4 aromatic carbocycles. The van der Waals surface area contributed by atoms with Crippen LogP contribution in [0.3, 0.4) is 0 Å². The molecule has 0 spiro atoms. The Kier molecular flexibility index (Phi) is 16.2. The van der Waals surface area contributed by atoms with Crippen LogP contribution in [0.25, 0.3) is 0 Å². The second-order valence-electron chi connectivity index (χ2n) is 13.5. The Morgan fingerprint density at radius 1 is 0.444 bits per heavy atom. The number of unbranched alkanes of at least 4 members (excludes halogenated alkanes) is 6. The number of ether oxygens (including phenoxy) is 6. The summed E-state index contributed by atoms with van der Waals surface area (Å²) in [5, 5.41) is 8.76. The molecule has 2 unspecified atom stereocenters. The topological polar surface area (TPSA) is 111 Å². The highest BCUT2D eigenvalue weighted by Crippen LogP contribution is 2.24. The molecular formula is C44H52N4O6. The van der Waals surface area contributed by atoms with Crippen molar-refractivity contribution >= 4 is 35.2 Å². The van der Waals surface area contributed by atoms with Crippen molar-refractivity contribution in [1.29, 1.82) is 0 Å². The van der Waals surface area contributed by atoms with Crippen molar-refractivity contribution in [3.8, 4) is 11.5 Å². The number of aliphatic imine (C=N–C) groups is 2. The summed E-state index contributed by atoms with van der Waals surface area (Å²) in [6, 6.07) is 31.4. The molecule has 4 aromatic rings. The molecule has 0 radical (unpaired) electrons. The predicted molar refractivity (Wildman–Crippen MR) is 213 cm³/mol. The quantitative estimate of drug-likeness (QED) is 0.0275. The van der Waals surface area contributed by atoms with Crippen LogP contribution in [0.2, 0.25) is 0 Å². The fourth-order valence-electron chi connectivity index (χ4n) is 5.38. The Morgan fingerprint density at radius 2 is 0.796 bits per heavy atom. The highest BCUT2D eigenvalue weighted by Gasteiger charge is 2.22. The van der Waals surface area contributed by atoms with Gasteiger partial charge in [0.25, 0.3) is 0 Å². The summed E-state index contributed by atoms with van der Waals surface area (Å²) >= 11 is 0. The Balaban J connectivity index is 0.832. The lowest BCUT2D eigenvalue weighted by molar-refractivity contribution is 0.112. The summed E-state index contributed by atoms with van der Waals surface area (Å²) in [6.45, 7) is 6.26. The largest absolute Gasteiger partial charge is 0.494 e. The van der Waals surface area contributed by atoms with E-state index in [1.54, 1.807) is 0 Å². The standard InChI is InChI=1S/C44H52N4O6/c1(5-25-49-31-43-33-53-43)3-7-27-51-41-21-9-35(10-22-41)29-45-37-13-17-39(18-14-37)47-48-40-19-15-38(16-20-40)46-30-36-11-23-42(24-12-36)52-28-8-4-2-6-26-50-32-44-34-54-44/h9-24,29-30,43-44H,1-8,25-28,31-34H2. The summed E-state index contributed by atoms with van der Waals surface area (Å²) in [5.74, 6) is 1.75. The van der Waals surface area contributed by atoms with Crippen LogP contribution in [0.15, 0.2) is 117 Å². The zero-order valence-corrected chi connectivity index (χ0v) is 31.1. The van der Waals surface area contributed by atoms with Gasteiger partial charge in [0, 0.05) is 25.6 Å². The smallest absolute Gasteiger partial charge is 0.119 e. The molecular weight excluding hydrogens is 681 g/mol. The minimum Gasteiger partial charge on any atom is -0.494 e. The van der Waals surface area contributed by atoms with E-state index in [0.29, 0.717) is 12.2 Å². The Morgan fingerprint density at radius 3 is 1.17 bits per heavy atom. The fourth-order valence-corrected chi connectivity index (χ4v) is 5.38. The van der Waals surface area contributed by atoms with Gasteiger partial charge in [0.1, 0.15) is 23.7 Å². The summed E-state index contributed by atoms with van der Waals surface area (Å²) in [7, 11) is 0. The first-order chi connectivity index (χ1) is 26.7. The molecule has 284 valence electrons. The first-order valence-electron chi connectivity index (χ1n) is 19.3. The average molecular weight is 733 g/mol. The van der Waals surface area contributed by atoms with Crippen molar-refractivity contribution in [2.45, 2.75) is 63.6 Å². The molecule has 0 amide bonds. The van der Waals surface area contributed by atoms with E-state index >= 15 is 0 Å². The van der Waals surface area contributed by atoms with Gasteiger partial charge >= 0.3 is 0 Å². The molecule has 2 atom stereocenters. The molecule has 0 aliphatic carbocycles. The van der Waals surface area contributed by atoms with Gasteiger partial charge in [-0.25, -0.2) is 0 Å². The number of hydrogen-bond donors (Lipinski definition) is 0. The normalized spacial score (nSPS) is 16.4. The third-order valence-electron chi connectivity index (χ3n) is 8.78. The maximum Gasteiger partial charge on any atom is 0.119 e. The molecule has 6 rings (SSSR count). The first kappa shape index (κ1) is 39.0. The number of benzene rings is 4. The molecule has 54 heavy (non-hydrogen) atoms. The van der Waals surface area contributed by atoms with Gasteiger partial charge in [-0.1, -0.05) is 12.8 Å². The summed E-state index contributed by atoms with van der Waals surface area (Å²) in [5.41, 5.74) is 5.20. The van der Waals surface area contributed by atoms with Crippen molar-refractivity contribution in [3.63, 3.8) is 0 Å². The number of epoxide rings is 2. The van der Waals surface area contributed by atoms with Crippen LogP contribution >= 0.6 is 0 Å². The van der Waals surface area contributed by atoms with Crippen molar-refractivity contribution < 1.29 is 28.4 Å². The lowest BCUT2D eigenvalue weighted by Crippen LogP contribution is -2.03. The molecule has 0 bridgehead atoms. The number of nitrogens with zero attached hydrogens (tertiary/aromatic N) is 4. The van der Waals surface area contributed by atoms with Crippen molar-refractivity contribution in [2.75, 3.05) is 52.9 Å². The molecule has 10 nitrogen and oxygen atoms in total. The van der Waals surface area contributed by atoms with Crippen LogP contribution in [-0.4, -0.2) is 77.5 Å². The van der Waals surface area contributed by atoms with Gasteiger partial charge in [-0.2, -0.15) is 10.2 Å². The summed E-state index contributed by atoms with van der Waals surface area (Å²) in [4.78, 5) is 9.20. The maximum absolute atomic E-state index is 5.90. The predicted octanol–water partition coefficient (Wildman–Crippen LogP) is 10.3. The van der Waals surface area contributed by atoms with Crippen LogP contribution in [0.4, 0.5) is 22.7 Å². The minimum absolute atomic E-state index is 0.350. The lowest BCUT2D eigenvalue weighted by atomic mass is 10.2. The molecule has 0 saturated carbocycles. The van der Waals surface area contributed by atoms with E-state index in [4.69, 9.17) is 28.4 Å². The van der Waals surface area contributed by atoms with Gasteiger partial charge in [-0.3, -0.25) is 9.98 Å². The molecule has 2 fully saturated rings. The highest BCUT2D eigenvalue weighted by atomic mass is 16.6. The number of azo groups is 1. The van der Waals surface area contributed by atoms with E-state index in [0.717, 1.165) is 150 Å². The Labute approximate surface area is 319 Å².